The van der Waals surface area contributed by atoms with Crippen molar-refractivity contribution in [3.63, 3.8) is 0 Å². The maximum Gasteiger partial charge on any atom is 0.302 e. The van der Waals surface area contributed by atoms with Gasteiger partial charge in [-0.2, -0.15) is 5.26 Å². The largest absolute Gasteiger partial charge is 0.464 e. The molecule has 1 aromatic rings. The highest BCUT2D eigenvalue weighted by Gasteiger charge is 2.39. The minimum absolute atomic E-state index is 0.326. The maximum absolute atomic E-state index is 12.0. The molecule has 0 aliphatic carbocycles. The lowest BCUT2D eigenvalue weighted by Crippen LogP contribution is -2.46. The fourth-order valence-corrected chi connectivity index (χ4v) is 1.66. The number of nitrogens with one attached hydrogen (secondary N) is 1. The van der Waals surface area contributed by atoms with Crippen LogP contribution in [-0.4, -0.2) is 36.7 Å². The van der Waals surface area contributed by atoms with Crippen LogP contribution in [-0.2, 0) is 20.7 Å². The van der Waals surface area contributed by atoms with Crippen LogP contribution in [0.1, 0.15) is 12.5 Å². The molecule has 0 heterocycles. The summed E-state index contributed by atoms with van der Waals surface area (Å²) in [6.07, 6.45) is 0.604. The number of nitriles is 1. The first-order valence-corrected chi connectivity index (χ1v) is 6.52. The Bertz CT molecular complexity index is 524. The molecule has 1 aromatic carbocycles. The predicted molar refractivity (Wildman–Crippen MR) is 74.9 cm³/mol. The van der Waals surface area contributed by atoms with Gasteiger partial charge in [0.15, 0.2) is 5.41 Å². The molecule has 1 rings (SSSR count). The number of carbonyl (C=O) groups excluding carboxylic acids is 2. The topological polar surface area (TPSA) is 99.4 Å². The monoisotopic (exact) mass is 290 g/mol. The zero-order valence-electron chi connectivity index (χ0n) is 11.8. The summed E-state index contributed by atoms with van der Waals surface area (Å²) < 4.78 is 4.69. The molecule has 0 radical (unpaired) electrons. The maximum atomic E-state index is 12.0. The highest BCUT2D eigenvalue weighted by molar-refractivity contribution is 5.86. The van der Waals surface area contributed by atoms with Crippen LogP contribution in [0, 0.1) is 16.7 Å². The van der Waals surface area contributed by atoms with Crippen molar-refractivity contribution in [1.82, 2.24) is 5.32 Å². The number of hydrogen-bond acceptors (Lipinski definition) is 5. The average Bonchev–Trinajstić information content (AvgIpc) is 2.49. The van der Waals surface area contributed by atoms with Crippen LogP contribution >= 0.6 is 0 Å². The molecule has 0 fully saturated rings. The van der Waals surface area contributed by atoms with Crippen molar-refractivity contribution in [3.8, 4) is 6.07 Å². The van der Waals surface area contributed by atoms with E-state index in [2.05, 4.69) is 5.32 Å². The van der Waals surface area contributed by atoms with Gasteiger partial charge in [-0.05, 0) is 12.0 Å². The molecule has 2 N–H and O–H groups in total. The van der Waals surface area contributed by atoms with Gasteiger partial charge >= 0.3 is 5.97 Å². The van der Waals surface area contributed by atoms with Gasteiger partial charge in [0.25, 0.3) is 0 Å². The third kappa shape index (κ3) is 4.89. The number of aliphatic hydroxyl groups is 1. The molecule has 0 spiro atoms. The lowest BCUT2D eigenvalue weighted by atomic mass is 9.91. The fraction of sp³-hybridized carbons (Fsp3) is 0.400. The Morgan fingerprint density at radius 2 is 2.05 bits per heavy atom. The molecule has 0 aliphatic heterocycles. The molecule has 0 saturated heterocycles. The Morgan fingerprint density at radius 1 is 1.38 bits per heavy atom. The summed E-state index contributed by atoms with van der Waals surface area (Å²) in [6.45, 7) is 0.319. The molecule has 0 aliphatic rings. The molecule has 0 aromatic heterocycles. The summed E-state index contributed by atoms with van der Waals surface area (Å²) >= 11 is 0. The van der Waals surface area contributed by atoms with Gasteiger partial charge in [-0.1, -0.05) is 30.3 Å². The van der Waals surface area contributed by atoms with E-state index in [1.54, 1.807) is 6.07 Å². The Morgan fingerprint density at radius 3 is 2.57 bits per heavy atom. The van der Waals surface area contributed by atoms with E-state index >= 15 is 0 Å². The van der Waals surface area contributed by atoms with Gasteiger partial charge in [-0.3, -0.25) is 9.59 Å². The fourth-order valence-electron chi connectivity index (χ4n) is 1.66. The van der Waals surface area contributed by atoms with Crippen LogP contribution < -0.4 is 5.32 Å². The van der Waals surface area contributed by atoms with Crippen molar-refractivity contribution in [3.05, 3.63) is 35.9 Å². The van der Waals surface area contributed by atoms with Crippen LogP contribution in [0.15, 0.2) is 30.3 Å². The zero-order chi connectivity index (χ0) is 15.7. The van der Waals surface area contributed by atoms with E-state index < -0.39 is 30.5 Å². The van der Waals surface area contributed by atoms with Gasteiger partial charge in [-0.15, -0.1) is 0 Å². The van der Waals surface area contributed by atoms with E-state index in [0.29, 0.717) is 13.0 Å². The third-order valence-electron chi connectivity index (χ3n) is 2.98. The normalized spacial score (nSPS) is 12.8. The summed E-state index contributed by atoms with van der Waals surface area (Å²) in [5.41, 5.74) is -0.716. The molecule has 6 heteroatoms. The zero-order valence-corrected chi connectivity index (χ0v) is 11.8. The van der Waals surface area contributed by atoms with Gasteiger partial charge in [0, 0.05) is 13.5 Å². The average molecular weight is 290 g/mol. The number of esters is 1. The second kappa shape index (κ2) is 8.02. The first-order chi connectivity index (χ1) is 10.0. The van der Waals surface area contributed by atoms with Crippen LogP contribution in [0.5, 0.6) is 0 Å². The van der Waals surface area contributed by atoms with Crippen LogP contribution in [0.3, 0.4) is 0 Å². The summed E-state index contributed by atoms with van der Waals surface area (Å²) in [5.74, 6) is -1.26. The number of amides is 1. The summed E-state index contributed by atoms with van der Waals surface area (Å²) in [5, 5.41) is 21.0. The minimum atomic E-state index is -1.76. The SMILES string of the molecule is CC(=O)OC[C@](C#N)(CO)C(=O)NCCc1ccccc1. The Balaban J connectivity index is 2.57. The van der Waals surface area contributed by atoms with E-state index in [-0.39, 0.29) is 0 Å². The molecule has 0 saturated carbocycles. The first-order valence-electron chi connectivity index (χ1n) is 6.52. The second-order valence-corrected chi connectivity index (χ2v) is 4.62. The molecular weight excluding hydrogens is 272 g/mol. The number of ether oxygens (including phenoxy) is 1. The summed E-state index contributed by atoms with van der Waals surface area (Å²) in [4.78, 5) is 22.8. The standard InChI is InChI=1S/C15H18N2O4/c1-12(19)21-11-15(9-16,10-18)14(20)17-8-7-13-5-3-2-4-6-13/h2-6,18H,7-8,10-11H2,1H3,(H,17,20)/t15-/m0/s1. The quantitative estimate of drug-likeness (QED) is 0.709. The Kier molecular flexibility index (Phi) is 6.37. The number of carbonyl (C=O) groups is 2. The Labute approximate surface area is 123 Å². The van der Waals surface area contributed by atoms with E-state index in [4.69, 9.17) is 10.00 Å². The van der Waals surface area contributed by atoms with Crippen molar-refractivity contribution < 1.29 is 19.4 Å². The van der Waals surface area contributed by atoms with Crippen molar-refractivity contribution in [1.29, 1.82) is 5.26 Å². The third-order valence-corrected chi connectivity index (χ3v) is 2.98. The Hall–Kier alpha value is -2.39. The van der Waals surface area contributed by atoms with Gasteiger partial charge in [0.2, 0.25) is 5.91 Å². The van der Waals surface area contributed by atoms with Gasteiger partial charge in [0.1, 0.15) is 6.61 Å². The van der Waals surface area contributed by atoms with Crippen LogP contribution in [0.4, 0.5) is 0 Å². The summed E-state index contributed by atoms with van der Waals surface area (Å²) in [6, 6.07) is 11.3. The molecule has 6 nitrogen and oxygen atoms in total. The number of benzene rings is 1. The van der Waals surface area contributed by atoms with E-state index in [1.165, 1.54) is 6.92 Å². The molecule has 0 bridgehead atoms. The number of aliphatic hydroxyl groups excluding tert-OH is 1. The van der Waals surface area contributed by atoms with Crippen molar-refractivity contribution in [2.45, 2.75) is 13.3 Å². The number of hydrogen-bond donors (Lipinski definition) is 2. The highest BCUT2D eigenvalue weighted by Crippen LogP contribution is 2.16. The number of nitrogens with zero attached hydrogens (tertiary/aromatic N) is 1. The van der Waals surface area contributed by atoms with Gasteiger partial charge < -0.3 is 15.2 Å². The number of rotatable bonds is 7. The smallest absolute Gasteiger partial charge is 0.302 e. The lowest BCUT2D eigenvalue weighted by Gasteiger charge is -2.22. The molecule has 1 atom stereocenters. The molecule has 21 heavy (non-hydrogen) atoms. The molecule has 1 amide bonds. The first kappa shape index (κ1) is 16.7. The van der Waals surface area contributed by atoms with E-state index in [9.17, 15) is 14.7 Å². The second-order valence-electron chi connectivity index (χ2n) is 4.62. The highest BCUT2D eigenvalue weighted by atomic mass is 16.5. The van der Waals surface area contributed by atoms with Crippen molar-refractivity contribution in [2.24, 2.45) is 5.41 Å². The summed E-state index contributed by atoms with van der Waals surface area (Å²) in [7, 11) is 0. The van der Waals surface area contributed by atoms with Crippen molar-refractivity contribution in [2.75, 3.05) is 19.8 Å². The van der Waals surface area contributed by atoms with E-state index in [1.807, 2.05) is 30.3 Å². The minimum Gasteiger partial charge on any atom is -0.464 e. The van der Waals surface area contributed by atoms with Crippen molar-refractivity contribution >= 4 is 11.9 Å². The van der Waals surface area contributed by atoms with Gasteiger partial charge in [0.05, 0.1) is 12.7 Å². The molecular formula is C15H18N2O4. The van der Waals surface area contributed by atoms with Crippen LogP contribution in [0.25, 0.3) is 0 Å². The van der Waals surface area contributed by atoms with Crippen LogP contribution in [0.2, 0.25) is 0 Å². The predicted octanol–water partition coefficient (Wildman–Crippen LogP) is 0.411. The van der Waals surface area contributed by atoms with Gasteiger partial charge in [-0.25, -0.2) is 0 Å². The molecule has 112 valence electrons. The molecule has 0 unspecified atom stereocenters. The lowest BCUT2D eigenvalue weighted by molar-refractivity contribution is -0.147. The van der Waals surface area contributed by atoms with E-state index in [0.717, 1.165) is 5.56 Å².